The summed E-state index contributed by atoms with van der Waals surface area (Å²) in [5.41, 5.74) is 8.60. The first kappa shape index (κ1) is 9.69. The summed E-state index contributed by atoms with van der Waals surface area (Å²) in [5, 5.41) is 0. The van der Waals surface area contributed by atoms with Gasteiger partial charge in [0.05, 0.1) is 12.1 Å². The first-order valence-electron chi connectivity index (χ1n) is 5.21. The van der Waals surface area contributed by atoms with E-state index in [4.69, 9.17) is 10.5 Å². The summed E-state index contributed by atoms with van der Waals surface area (Å²) in [6, 6.07) is 8.41. The number of nitrogens with two attached hydrogens (primary N) is 1. The lowest BCUT2D eigenvalue weighted by Crippen LogP contribution is -2.25. The zero-order chi connectivity index (χ0) is 9.97. The Balaban J connectivity index is 2.13. The van der Waals surface area contributed by atoms with Gasteiger partial charge in [0, 0.05) is 6.61 Å². The van der Waals surface area contributed by atoms with E-state index in [-0.39, 0.29) is 12.1 Å². The van der Waals surface area contributed by atoms with E-state index in [1.165, 1.54) is 11.1 Å². The Labute approximate surface area is 85.1 Å². The molecule has 1 fully saturated rings. The molecule has 76 valence electrons. The van der Waals surface area contributed by atoms with Gasteiger partial charge in [-0.3, -0.25) is 0 Å². The first-order chi connectivity index (χ1) is 6.77. The molecule has 2 atom stereocenters. The first-order valence-corrected chi connectivity index (χ1v) is 5.21. The number of ether oxygens (including phenoxy) is 1. The largest absolute Gasteiger partial charge is 0.376 e. The van der Waals surface area contributed by atoms with Gasteiger partial charge in [-0.1, -0.05) is 29.8 Å². The molecule has 0 aliphatic carbocycles. The van der Waals surface area contributed by atoms with Crippen LogP contribution in [-0.2, 0) is 4.74 Å². The van der Waals surface area contributed by atoms with Crippen LogP contribution in [0.25, 0.3) is 0 Å². The average molecular weight is 191 g/mol. The van der Waals surface area contributed by atoms with Gasteiger partial charge in [0.2, 0.25) is 0 Å². The van der Waals surface area contributed by atoms with Crippen LogP contribution in [0, 0.1) is 6.92 Å². The van der Waals surface area contributed by atoms with E-state index in [9.17, 15) is 0 Å². The van der Waals surface area contributed by atoms with Crippen LogP contribution in [0.2, 0.25) is 0 Å². The van der Waals surface area contributed by atoms with Crippen LogP contribution in [0.3, 0.4) is 0 Å². The third kappa shape index (κ3) is 1.97. The average Bonchev–Trinajstić information content (AvgIpc) is 2.69. The molecule has 2 heteroatoms. The standard InChI is InChI=1S/C12H17NO/c1-9-4-2-5-10(8-9)12(13)11-6-3-7-14-11/h2,4-5,8,11-12H,3,6-7,13H2,1H3. The van der Waals surface area contributed by atoms with Crippen molar-refractivity contribution in [1.29, 1.82) is 0 Å². The van der Waals surface area contributed by atoms with Gasteiger partial charge < -0.3 is 10.5 Å². The van der Waals surface area contributed by atoms with E-state index in [1.807, 2.05) is 0 Å². The Kier molecular flexibility index (Phi) is 2.85. The van der Waals surface area contributed by atoms with Crippen LogP contribution >= 0.6 is 0 Å². The van der Waals surface area contributed by atoms with Gasteiger partial charge in [-0.15, -0.1) is 0 Å². The molecule has 1 saturated heterocycles. The summed E-state index contributed by atoms with van der Waals surface area (Å²) in [6.45, 7) is 2.95. The Hall–Kier alpha value is -0.860. The van der Waals surface area contributed by atoms with Crippen LogP contribution in [-0.4, -0.2) is 12.7 Å². The molecule has 2 N–H and O–H groups in total. The van der Waals surface area contributed by atoms with Crippen molar-refractivity contribution < 1.29 is 4.74 Å². The summed E-state index contributed by atoms with van der Waals surface area (Å²) in [4.78, 5) is 0. The minimum Gasteiger partial charge on any atom is -0.376 e. The van der Waals surface area contributed by atoms with Crippen molar-refractivity contribution in [2.75, 3.05) is 6.61 Å². The molecule has 2 rings (SSSR count). The van der Waals surface area contributed by atoms with Crippen molar-refractivity contribution in [3.05, 3.63) is 35.4 Å². The zero-order valence-corrected chi connectivity index (χ0v) is 8.57. The summed E-state index contributed by atoms with van der Waals surface area (Å²) in [7, 11) is 0. The van der Waals surface area contributed by atoms with Gasteiger partial charge in [-0.05, 0) is 25.3 Å². The van der Waals surface area contributed by atoms with Crippen LogP contribution < -0.4 is 5.73 Å². The molecule has 0 amide bonds. The molecule has 2 unspecified atom stereocenters. The Morgan fingerprint density at radius 3 is 3.00 bits per heavy atom. The van der Waals surface area contributed by atoms with E-state index in [2.05, 4.69) is 31.2 Å². The fourth-order valence-corrected chi connectivity index (χ4v) is 1.98. The highest BCUT2D eigenvalue weighted by atomic mass is 16.5. The monoisotopic (exact) mass is 191 g/mol. The maximum Gasteiger partial charge on any atom is 0.0768 e. The summed E-state index contributed by atoms with van der Waals surface area (Å²) in [6.07, 6.45) is 2.45. The molecule has 2 nitrogen and oxygen atoms in total. The normalized spacial score (nSPS) is 23.7. The molecule has 1 heterocycles. The molecule has 0 aromatic heterocycles. The minimum absolute atomic E-state index is 0.0393. The van der Waals surface area contributed by atoms with Gasteiger partial charge in [0.1, 0.15) is 0 Å². The smallest absolute Gasteiger partial charge is 0.0768 e. The highest BCUT2D eigenvalue weighted by Gasteiger charge is 2.23. The quantitative estimate of drug-likeness (QED) is 0.777. The van der Waals surface area contributed by atoms with Crippen molar-refractivity contribution in [3.8, 4) is 0 Å². The third-order valence-corrected chi connectivity index (χ3v) is 2.79. The molecular formula is C12H17NO. The molecule has 0 bridgehead atoms. The van der Waals surface area contributed by atoms with Crippen LogP contribution in [0.4, 0.5) is 0 Å². The summed E-state index contributed by atoms with van der Waals surface area (Å²) in [5.74, 6) is 0. The second kappa shape index (κ2) is 4.11. The topological polar surface area (TPSA) is 35.2 Å². The fraction of sp³-hybridized carbons (Fsp3) is 0.500. The number of hydrogen-bond donors (Lipinski definition) is 1. The highest BCUT2D eigenvalue weighted by Crippen LogP contribution is 2.25. The van der Waals surface area contributed by atoms with Gasteiger partial charge in [-0.2, -0.15) is 0 Å². The molecule has 0 saturated carbocycles. The Bertz CT molecular complexity index is 305. The number of benzene rings is 1. The van der Waals surface area contributed by atoms with E-state index in [0.29, 0.717) is 0 Å². The van der Waals surface area contributed by atoms with E-state index < -0.39 is 0 Å². The van der Waals surface area contributed by atoms with Crippen LogP contribution in [0.5, 0.6) is 0 Å². The SMILES string of the molecule is Cc1cccc(C(N)C2CCCO2)c1. The van der Waals surface area contributed by atoms with Crippen LogP contribution in [0.1, 0.15) is 30.0 Å². The second-order valence-electron chi connectivity index (χ2n) is 3.99. The Morgan fingerprint density at radius 1 is 1.50 bits per heavy atom. The number of rotatable bonds is 2. The van der Waals surface area contributed by atoms with Crippen molar-refractivity contribution in [3.63, 3.8) is 0 Å². The van der Waals surface area contributed by atoms with Crippen molar-refractivity contribution in [2.45, 2.75) is 31.9 Å². The minimum atomic E-state index is 0.0393. The van der Waals surface area contributed by atoms with E-state index >= 15 is 0 Å². The molecule has 1 aromatic rings. The fourth-order valence-electron chi connectivity index (χ4n) is 1.98. The second-order valence-corrected chi connectivity index (χ2v) is 3.99. The molecule has 1 aliphatic rings. The predicted octanol–water partition coefficient (Wildman–Crippen LogP) is 2.17. The lowest BCUT2D eigenvalue weighted by atomic mass is 9.99. The number of hydrogen-bond acceptors (Lipinski definition) is 2. The molecular weight excluding hydrogens is 174 g/mol. The maximum absolute atomic E-state index is 6.14. The molecule has 14 heavy (non-hydrogen) atoms. The van der Waals surface area contributed by atoms with Crippen molar-refractivity contribution in [1.82, 2.24) is 0 Å². The molecule has 0 radical (unpaired) electrons. The van der Waals surface area contributed by atoms with Gasteiger partial charge in [0.15, 0.2) is 0 Å². The molecule has 1 aromatic carbocycles. The van der Waals surface area contributed by atoms with Crippen molar-refractivity contribution in [2.24, 2.45) is 5.73 Å². The lowest BCUT2D eigenvalue weighted by molar-refractivity contribution is 0.0900. The highest BCUT2D eigenvalue weighted by molar-refractivity contribution is 5.25. The van der Waals surface area contributed by atoms with Gasteiger partial charge >= 0.3 is 0 Å². The number of aryl methyl sites for hydroxylation is 1. The van der Waals surface area contributed by atoms with Gasteiger partial charge in [0.25, 0.3) is 0 Å². The molecule has 0 spiro atoms. The predicted molar refractivity (Wildman–Crippen MR) is 57.1 cm³/mol. The molecule has 1 aliphatic heterocycles. The summed E-state index contributed by atoms with van der Waals surface area (Å²) < 4.78 is 5.58. The summed E-state index contributed by atoms with van der Waals surface area (Å²) >= 11 is 0. The Morgan fingerprint density at radius 2 is 2.36 bits per heavy atom. The van der Waals surface area contributed by atoms with E-state index in [0.717, 1.165) is 19.4 Å². The lowest BCUT2D eigenvalue weighted by Gasteiger charge is -2.19. The zero-order valence-electron chi connectivity index (χ0n) is 8.57. The van der Waals surface area contributed by atoms with Crippen molar-refractivity contribution >= 4 is 0 Å². The van der Waals surface area contributed by atoms with E-state index in [1.54, 1.807) is 0 Å². The van der Waals surface area contributed by atoms with Crippen LogP contribution in [0.15, 0.2) is 24.3 Å². The third-order valence-electron chi connectivity index (χ3n) is 2.79. The maximum atomic E-state index is 6.14. The van der Waals surface area contributed by atoms with Gasteiger partial charge in [-0.25, -0.2) is 0 Å².